The highest BCUT2D eigenvalue weighted by atomic mass is 32.5. The van der Waals surface area contributed by atoms with E-state index < -0.39 is 0 Å². The molecule has 0 saturated carbocycles. The Bertz CT molecular complexity index is 86.1. The number of hydrogen-bond acceptors (Lipinski definition) is 2. The summed E-state index contributed by atoms with van der Waals surface area (Å²) in [5, 5.41) is 0. The first-order valence-corrected chi connectivity index (χ1v) is 7.92. The van der Waals surface area contributed by atoms with Gasteiger partial charge in [0.1, 0.15) is 0 Å². The summed E-state index contributed by atoms with van der Waals surface area (Å²) < 4.78 is 0. The summed E-state index contributed by atoms with van der Waals surface area (Å²) in [6.45, 7) is -0.435. The maximum atomic E-state index is 5.00. The van der Waals surface area contributed by atoms with Crippen molar-refractivity contribution in [1.82, 2.24) is 0 Å². The molecule has 0 N–H and O–H groups in total. The first-order chi connectivity index (χ1) is 2.79. The van der Waals surface area contributed by atoms with Crippen LogP contribution in [0.3, 0.4) is 0 Å². The molecule has 36 valence electrons. The Balaban J connectivity index is 2.47. The Morgan fingerprint density at radius 2 is 1.33 bits per heavy atom. The SMILES string of the molecule is S=[PH]1C[PH](=S)C1. The van der Waals surface area contributed by atoms with Crippen molar-refractivity contribution in [3.8, 4) is 0 Å². The second kappa shape index (κ2) is 2.05. The topological polar surface area (TPSA) is 0 Å². The molecule has 0 aliphatic carbocycles. The van der Waals surface area contributed by atoms with Gasteiger partial charge in [0, 0.05) is 11.8 Å². The van der Waals surface area contributed by atoms with Crippen molar-refractivity contribution in [3.05, 3.63) is 0 Å². The summed E-state index contributed by atoms with van der Waals surface area (Å²) in [6.07, 6.45) is 0. The third-order valence-electron chi connectivity index (χ3n) is 0.789. The quantitative estimate of drug-likeness (QED) is 0.484. The molecule has 1 aliphatic heterocycles. The molecule has 6 heavy (non-hydrogen) atoms. The van der Waals surface area contributed by atoms with E-state index in [0.717, 1.165) is 0 Å². The van der Waals surface area contributed by atoms with Crippen LogP contribution in [0.5, 0.6) is 0 Å². The summed E-state index contributed by atoms with van der Waals surface area (Å²) in [5.74, 6) is 2.61. The molecule has 1 fully saturated rings. The van der Waals surface area contributed by atoms with Crippen molar-refractivity contribution < 1.29 is 0 Å². The van der Waals surface area contributed by atoms with Crippen LogP contribution in [0.15, 0.2) is 0 Å². The van der Waals surface area contributed by atoms with Crippen LogP contribution in [0.1, 0.15) is 0 Å². The van der Waals surface area contributed by atoms with Crippen LogP contribution >= 0.6 is 13.4 Å². The van der Waals surface area contributed by atoms with Gasteiger partial charge in [-0.05, 0) is 13.4 Å². The third-order valence-corrected chi connectivity index (χ3v) is 12.3. The maximum Gasteiger partial charge on any atom is 0.00170 e. The lowest BCUT2D eigenvalue weighted by molar-refractivity contribution is 1.94. The molecule has 0 spiro atoms. The molecule has 0 bridgehead atoms. The molecule has 0 radical (unpaired) electrons. The largest absolute Gasteiger partial charge is 0.100 e. The molecule has 0 atom stereocenters. The van der Waals surface area contributed by atoms with Gasteiger partial charge in [-0.1, -0.05) is 0 Å². The van der Waals surface area contributed by atoms with Crippen molar-refractivity contribution in [1.29, 1.82) is 0 Å². The van der Waals surface area contributed by atoms with E-state index in [9.17, 15) is 0 Å². The second-order valence-electron chi connectivity index (χ2n) is 1.43. The minimum absolute atomic E-state index is 0.218. The molecule has 1 aliphatic rings. The predicted molar refractivity (Wildman–Crippen MR) is 41.1 cm³/mol. The summed E-state index contributed by atoms with van der Waals surface area (Å²) in [4.78, 5) is 0. The van der Waals surface area contributed by atoms with E-state index in [-0.39, 0.29) is 13.4 Å². The van der Waals surface area contributed by atoms with Crippen LogP contribution in [0.25, 0.3) is 0 Å². The minimum atomic E-state index is -0.218. The first-order valence-electron chi connectivity index (χ1n) is 1.82. The van der Waals surface area contributed by atoms with Crippen molar-refractivity contribution in [2.45, 2.75) is 0 Å². The Morgan fingerprint density at radius 3 is 1.33 bits per heavy atom. The maximum absolute atomic E-state index is 5.00. The Morgan fingerprint density at radius 1 is 1.00 bits per heavy atom. The highest BCUT2D eigenvalue weighted by Gasteiger charge is 2.10. The van der Waals surface area contributed by atoms with Crippen LogP contribution in [0.2, 0.25) is 0 Å². The first kappa shape index (κ1) is 5.44. The highest BCUT2D eigenvalue weighted by Crippen LogP contribution is 2.53. The summed E-state index contributed by atoms with van der Waals surface area (Å²) in [5.41, 5.74) is 0. The molecule has 0 aromatic rings. The van der Waals surface area contributed by atoms with Gasteiger partial charge in [-0.2, -0.15) is 0 Å². The van der Waals surface area contributed by atoms with Gasteiger partial charge in [-0.25, -0.2) is 0 Å². The number of rotatable bonds is 0. The van der Waals surface area contributed by atoms with Gasteiger partial charge in [0.15, 0.2) is 0 Å². The van der Waals surface area contributed by atoms with E-state index in [1.54, 1.807) is 0 Å². The minimum Gasteiger partial charge on any atom is -0.100 e. The molecule has 0 aromatic carbocycles. The molecular weight excluding hydrogens is 150 g/mol. The fraction of sp³-hybridized carbons (Fsp3) is 1.00. The van der Waals surface area contributed by atoms with Crippen LogP contribution in [-0.4, -0.2) is 11.8 Å². The smallest absolute Gasteiger partial charge is 0.00170 e. The Hall–Kier alpha value is 1.30. The molecule has 0 aromatic heterocycles. The monoisotopic (exact) mass is 156 g/mol. The van der Waals surface area contributed by atoms with Gasteiger partial charge in [-0.3, -0.25) is 0 Å². The zero-order valence-electron chi connectivity index (χ0n) is 3.23. The van der Waals surface area contributed by atoms with Crippen molar-refractivity contribution in [2.24, 2.45) is 0 Å². The van der Waals surface area contributed by atoms with Gasteiger partial charge >= 0.3 is 0 Å². The molecular formula is C2H6P2S2. The van der Waals surface area contributed by atoms with Crippen LogP contribution in [0.4, 0.5) is 0 Å². The van der Waals surface area contributed by atoms with Gasteiger partial charge < -0.3 is 0 Å². The molecule has 1 saturated heterocycles. The van der Waals surface area contributed by atoms with E-state index in [2.05, 4.69) is 0 Å². The van der Waals surface area contributed by atoms with Gasteiger partial charge in [0.25, 0.3) is 0 Å². The van der Waals surface area contributed by atoms with E-state index >= 15 is 0 Å². The average Bonchev–Trinajstić information content (AvgIpc) is 1.33. The third kappa shape index (κ3) is 1.13. The molecule has 0 unspecified atom stereocenters. The van der Waals surface area contributed by atoms with Crippen molar-refractivity contribution >= 4 is 37.0 Å². The summed E-state index contributed by atoms with van der Waals surface area (Å²) in [6, 6.07) is 0. The van der Waals surface area contributed by atoms with Gasteiger partial charge in [0.05, 0.1) is 0 Å². The van der Waals surface area contributed by atoms with Crippen LogP contribution in [0, 0.1) is 0 Å². The van der Waals surface area contributed by atoms with Gasteiger partial charge in [0.2, 0.25) is 0 Å². The lowest BCUT2D eigenvalue weighted by Gasteiger charge is -2.15. The Kier molecular flexibility index (Phi) is 1.85. The fourth-order valence-electron chi connectivity index (χ4n) is 0.388. The lowest BCUT2D eigenvalue weighted by Crippen LogP contribution is -1.84. The average molecular weight is 156 g/mol. The molecule has 0 amide bonds. The van der Waals surface area contributed by atoms with Crippen molar-refractivity contribution in [2.75, 3.05) is 11.8 Å². The fourth-order valence-corrected chi connectivity index (χ4v) is 11.4. The zero-order valence-corrected chi connectivity index (χ0v) is 6.86. The summed E-state index contributed by atoms with van der Waals surface area (Å²) >= 11 is 10.0. The van der Waals surface area contributed by atoms with E-state index in [0.29, 0.717) is 0 Å². The highest BCUT2D eigenvalue weighted by molar-refractivity contribution is 8.23. The van der Waals surface area contributed by atoms with E-state index in [1.807, 2.05) is 0 Å². The van der Waals surface area contributed by atoms with Gasteiger partial charge in [-0.15, -0.1) is 23.6 Å². The summed E-state index contributed by atoms with van der Waals surface area (Å²) in [7, 11) is 0. The Labute approximate surface area is 49.2 Å². The molecule has 0 nitrogen and oxygen atoms in total. The number of hydrogen-bond donors (Lipinski definition) is 0. The van der Waals surface area contributed by atoms with Crippen LogP contribution < -0.4 is 0 Å². The lowest BCUT2D eigenvalue weighted by atomic mass is 11.8. The standard InChI is InChI=1S/C2H6P2S2/c5-3-1-4(6)2-3/h3-4H,1-2H2. The predicted octanol–water partition coefficient (Wildman–Crippen LogP) is 1.27. The van der Waals surface area contributed by atoms with E-state index in [4.69, 9.17) is 23.6 Å². The normalized spacial score (nSPS) is 44.7. The van der Waals surface area contributed by atoms with E-state index in [1.165, 1.54) is 11.8 Å². The van der Waals surface area contributed by atoms with Crippen LogP contribution in [-0.2, 0) is 23.6 Å². The molecule has 1 heterocycles. The van der Waals surface area contributed by atoms with Crippen molar-refractivity contribution in [3.63, 3.8) is 0 Å². The molecule has 4 heteroatoms. The second-order valence-corrected chi connectivity index (χ2v) is 9.88. The zero-order chi connectivity index (χ0) is 4.57. The molecule has 1 rings (SSSR count).